The lowest BCUT2D eigenvalue weighted by Gasteiger charge is -2.13. The van der Waals surface area contributed by atoms with Crippen LogP contribution in [0, 0.1) is 5.82 Å². The SMILES string of the molecule is COC(=O)c1cc(-c2ccc(C(C)C)cc2)c(-c2ccc(F)cc2)cn1. The first-order valence-electron chi connectivity index (χ1n) is 8.44. The van der Waals surface area contributed by atoms with Crippen molar-refractivity contribution in [3.05, 3.63) is 77.9 Å². The third-order valence-electron chi connectivity index (χ3n) is 4.34. The lowest BCUT2D eigenvalue weighted by molar-refractivity contribution is 0.0594. The summed E-state index contributed by atoms with van der Waals surface area (Å²) in [4.78, 5) is 16.1. The minimum absolute atomic E-state index is 0.237. The van der Waals surface area contributed by atoms with Gasteiger partial charge in [-0.05, 0) is 46.4 Å². The highest BCUT2D eigenvalue weighted by Gasteiger charge is 2.14. The van der Waals surface area contributed by atoms with Gasteiger partial charge in [0.25, 0.3) is 0 Å². The first kappa shape index (κ1) is 17.8. The van der Waals surface area contributed by atoms with Gasteiger partial charge in [-0.25, -0.2) is 14.2 Å². The van der Waals surface area contributed by atoms with Crippen LogP contribution >= 0.6 is 0 Å². The smallest absolute Gasteiger partial charge is 0.356 e. The molecule has 4 heteroatoms. The quantitative estimate of drug-likeness (QED) is 0.587. The number of hydrogen-bond acceptors (Lipinski definition) is 3. The van der Waals surface area contributed by atoms with E-state index < -0.39 is 5.97 Å². The summed E-state index contributed by atoms with van der Waals surface area (Å²) in [6.07, 6.45) is 1.63. The van der Waals surface area contributed by atoms with E-state index >= 15 is 0 Å². The van der Waals surface area contributed by atoms with Crippen LogP contribution in [0.1, 0.15) is 35.8 Å². The maximum atomic E-state index is 13.3. The molecule has 0 N–H and O–H groups in total. The highest BCUT2D eigenvalue weighted by atomic mass is 19.1. The summed E-state index contributed by atoms with van der Waals surface area (Å²) < 4.78 is 18.1. The van der Waals surface area contributed by atoms with E-state index in [0.29, 0.717) is 5.92 Å². The van der Waals surface area contributed by atoms with E-state index in [9.17, 15) is 9.18 Å². The molecule has 1 aromatic heterocycles. The van der Waals surface area contributed by atoms with Crippen molar-refractivity contribution in [2.75, 3.05) is 7.11 Å². The Kier molecular flexibility index (Phi) is 5.12. The molecule has 2 aromatic carbocycles. The largest absolute Gasteiger partial charge is 0.464 e. The predicted octanol–water partition coefficient (Wildman–Crippen LogP) is 5.46. The topological polar surface area (TPSA) is 39.2 Å². The Labute approximate surface area is 152 Å². The molecule has 0 radical (unpaired) electrons. The molecule has 3 nitrogen and oxygen atoms in total. The van der Waals surface area contributed by atoms with Crippen LogP contribution in [0.15, 0.2) is 60.8 Å². The van der Waals surface area contributed by atoms with Crippen molar-refractivity contribution in [3.8, 4) is 22.3 Å². The molecule has 0 spiro atoms. The first-order valence-corrected chi connectivity index (χ1v) is 8.44. The zero-order valence-corrected chi connectivity index (χ0v) is 15.0. The van der Waals surface area contributed by atoms with E-state index in [2.05, 4.69) is 31.0 Å². The monoisotopic (exact) mass is 349 g/mol. The molecule has 0 aliphatic carbocycles. The van der Waals surface area contributed by atoms with Gasteiger partial charge < -0.3 is 4.74 Å². The maximum Gasteiger partial charge on any atom is 0.356 e. The molecule has 0 amide bonds. The van der Waals surface area contributed by atoms with Gasteiger partial charge in [-0.1, -0.05) is 50.2 Å². The molecule has 0 saturated heterocycles. The summed E-state index contributed by atoms with van der Waals surface area (Å²) in [7, 11) is 1.33. The zero-order valence-electron chi connectivity index (χ0n) is 15.0. The molecular formula is C22H20FNO2. The molecule has 0 bridgehead atoms. The van der Waals surface area contributed by atoms with Crippen molar-refractivity contribution < 1.29 is 13.9 Å². The Balaban J connectivity index is 2.15. The second-order valence-electron chi connectivity index (χ2n) is 6.39. The molecule has 0 aliphatic heterocycles. The summed E-state index contributed by atoms with van der Waals surface area (Å²) in [5.74, 6) is -0.352. The van der Waals surface area contributed by atoms with Gasteiger partial charge in [-0.15, -0.1) is 0 Å². The first-order chi connectivity index (χ1) is 12.5. The van der Waals surface area contributed by atoms with Gasteiger partial charge in [-0.2, -0.15) is 0 Å². The second kappa shape index (κ2) is 7.48. The van der Waals surface area contributed by atoms with Crippen LogP contribution in [0.5, 0.6) is 0 Å². The third-order valence-corrected chi connectivity index (χ3v) is 4.34. The highest BCUT2D eigenvalue weighted by molar-refractivity contribution is 5.92. The van der Waals surface area contributed by atoms with Crippen molar-refractivity contribution in [3.63, 3.8) is 0 Å². The van der Waals surface area contributed by atoms with E-state index in [1.807, 2.05) is 12.1 Å². The summed E-state index contributed by atoms with van der Waals surface area (Å²) >= 11 is 0. The van der Waals surface area contributed by atoms with Crippen molar-refractivity contribution in [2.24, 2.45) is 0 Å². The van der Waals surface area contributed by atoms with Gasteiger partial charge in [0.05, 0.1) is 7.11 Å². The number of carbonyl (C=O) groups excluding carboxylic acids is 1. The Morgan fingerprint density at radius 3 is 2.12 bits per heavy atom. The highest BCUT2D eigenvalue weighted by Crippen LogP contribution is 2.33. The summed E-state index contributed by atoms with van der Waals surface area (Å²) in [6, 6.07) is 16.2. The maximum absolute atomic E-state index is 13.3. The van der Waals surface area contributed by atoms with Crippen LogP contribution < -0.4 is 0 Å². The number of esters is 1. The van der Waals surface area contributed by atoms with Gasteiger partial charge in [0.15, 0.2) is 0 Å². The number of aromatic nitrogens is 1. The van der Waals surface area contributed by atoms with Gasteiger partial charge in [0, 0.05) is 11.8 Å². The standard InChI is InChI=1S/C22H20FNO2/c1-14(2)15-4-6-16(7-5-15)19-12-21(22(25)26-3)24-13-20(19)17-8-10-18(23)11-9-17/h4-14H,1-3H3. The number of nitrogens with zero attached hydrogens (tertiary/aromatic N) is 1. The van der Waals surface area contributed by atoms with Crippen molar-refractivity contribution in [2.45, 2.75) is 19.8 Å². The Bertz CT molecular complexity index is 916. The van der Waals surface area contributed by atoms with Crippen molar-refractivity contribution >= 4 is 5.97 Å². The number of halogens is 1. The number of pyridine rings is 1. The molecule has 0 saturated carbocycles. The number of rotatable bonds is 4. The van der Waals surface area contributed by atoms with Crippen LogP contribution in [-0.4, -0.2) is 18.1 Å². The van der Waals surface area contributed by atoms with Crippen LogP contribution in [0.25, 0.3) is 22.3 Å². The normalized spacial score (nSPS) is 10.8. The number of methoxy groups -OCH3 is 1. The van der Waals surface area contributed by atoms with Gasteiger partial charge >= 0.3 is 5.97 Å². The fourth-order valence-corrected chi connectivity index (χ4v) is 2.82. The van der Waals surface area contributed by atoms with Crippen LogP contribution in [0.4, 0.5) is 4.39 Å². The Morgan fingerprint density at radius 2 is 1.54 bits per heavy atom. The number of ether oxygens (including phenoxy) is 1. The van der Waals surface area contributed by atoms with Crippen LogP contribution in [-0.2, 0) is 4.74 Å². The number of benzene rings is 2. The molecule has 3 aromatic rings. The van der Waals surface area contributed by atoms with Crippen LogP contribution in [0.2, 0.25) is 0 Å². The van der Waals surface area contributed by atoms with Gasteiger partial charge in [-0.3, -0.25) is 0 Å². The fraction of sp³-hybridized carbons (Fsp3) is 0.182. The number of carbonyl (C=O) groups is 1. The van der Waals surface area contributed by atoms with E-state index in [0.717, 1.165) is 22.3 Å². The van der Waals surface area contributed by atoms with Crippen LogP contribution in [0.3, 0.4) is 0 Å². The molecule has 132 valence electrons. The average molecular weight is 349 g/mol. The van der Waals surface area contributed by atoms with E-state index in [1.54, 1.807) is 24.4 Å². The summed E-state index contributed by atoms with van der Waals surface area (Å²) in [5.41, 5.74) is 4.94. The fourth-order valence-electron chi connectivity index (χ4n) is 2.82. The average Bonchev–Trinajstić information content (AvgIpc) is 2.67. The minimum atomic E-state index is -0.490. The summed E-state index contributed by atoms with van der Waals surface area (Å²) in [6.45, 7) is 4.28. The molecule has 0 fully saturated rings. The molecule has 0 unspecified atom stereocenters. The molecular weight excluding hydrogens is 329 g/mol. The van der Waals surface area contributed by atoms with Gasteiger partial charge in [0.2, 0.25) is 0 Å². The Morgan fingerprint density at radius 1 is 0.962 bits per heavy atom. The van der Waals surface area contributed by atoms with Gasteiger partial charge in [0.1, 0.15) is 11.5 Å². The third kappa shape index (κ3) is 3.64. The summed E-state index contributed by atoms with van der Waals surface area (Å²) in [5, 5.41) is 0. The molecule has 0 atom stereocenters. The minimum Gasteiger partial charge on any atom is -0.464 e. The van der Waals surface area contributed by atoms with E-state index in [1.165, 1.54) is 24.8 Å². The lowest BCUT2D eigenvalue weighted by Crippen LogP contribution is -2.05. The molecule has 1 heterocycles. The molecule has 26 heavy (non-hydrogen) atoms. The predicted molar refractivity (Wildman–Crippen MR) is 100 cm³/mol. The lowest BCUT2D eigenvalue weighted by atomic mass is 9.93. The Hall–Kier alpha value is -3.01. The zero-order chi connectivity index (χ0) is 18.7. The number of hydrogen-bond donors (Lipinski definition) is 0. The molecule has 3 rings (SSSR count). The van der Waals surface area contributed by atoms with Crippen molar-refractivity contribution in [1.29, 1.82) is 0 Å². The molecule has 0 aliphatic rings. The van der Waals surface area contributed by atoms with E-state index in [-0.39, 0.29) is 11.5 Å². The van der Waals surface area contributed by atoms with Crippen molar-refractivity contribution in [1.82, 2.24) is 4.98 Å². The second-order valence-corrected chi connectivity index (χ2v) is 6.39. The van der Waals surface area contributed by atoms with E-state index in [4.69, 9.17) is 4.74 Å².